The fourth-order valence-corrected chi connectivity index (χ4v) is 3.37. The highest BCUT2D eigenvalue weighted by Crippen LogP contribution is 2.34. The summed E-state index contributed by atoms with van der Waals surface area (Å²) in [5.41, 5.74) is 7.62. The second-order valence-corrected chi connectivity index (χ2v) is 7.62. The number of benzene rings is 1. The second-order valence-electron chi connectivity index (χ2n) is 7.62. The van der Waals surface area contributed by atoms with Crippen LogP contribution in [0.5, 0.6) is 0 Å². The molecular weight excluding hydrogens is 272 g/mol. The van der Waals surface area contributed by atoms with E-state index in [1.165, 1.54) is 6.42 Å². The minimum atomic E-state index is -0.423. The topological polar surface area (TPSA) is 46.3 Å². The maximum absolute atomic E-state index is 12.6. The van der Waals surface area contributed by atoms with Gasteiger partial charge in [-0.2, -0.15) is 0 Å². The predicted octanol–water partition coefficient (Wildman–Crippen LogP) is 3.23. The molecule has 3 heteroatoms. The molecule has 1 heterocycles. The van der Waals surface area contributed by atoms with Gasteiger partial charge in [-0.25, -0.2) is 0 Å². The molecule has 0 radical (unpaired) electrons. The van der Waals surface area contributed by atoms with Crippen LogP contribution in [0.25, 0.3) is 0 Å². The second kappa shape index (κ2) is 7.28. The summed E-state index contributed by atoms with van der Waals surface area (Å²) in [6, 6.07) is 9.61. The molecule has 1 saturated heterocycles. The van der Waals surface area contributed by atoms with E-state index in [-0.39, 0.29) is 5.91 Å². The third-order valence-corrected chi connectivity index (χ3v) is 4.88. The van der Waals surface area contributed by atoms with Crippen LogP contribution >= 0.6 is 0 Å². The van der Waals surface area contributed by atoms with Crippen LogP contribution in [0.1, 0.15) is 45.6 Å². The van der Waals surface area contributed by atoms with Gasteiger partial charge in [0.2, 0.25) is 5.91 Å². The molecule has 1 fully saturated rings. The zero-order valence-electron chi connectivity index (χ0n) is 14.2. The number of hydrogen-bond donors (Lipinski definition) is 1. The fourth-order valence-electron chi connectivity index (χ4n) is 3.37. The van der Waals surface area contributed by atoms with Gasteiger partial charge in [0.1, 0.15) is 0 Å². The molecule has 0 aliphatic carbocycles. The molecule has 2 atom stereocenters. The van der Waals surface area contributed by atoms with Gasteiger partial charge in [0.15, 0.2) is 0 Å². The van der Waals surface area contributed by atoms with Gasteiger partial charge in [0.25, 0.3) is 0 Å². The molecule has 1 unspecified atom stereocenters. The molecular formula is C19H30N2O. The lowest BCUT2D eigenvalue weighted by atomic mass is 9.77. The summed E-state index contributed by atoms with van der Waals surface area (Å²) >= 11 is 0. The Bertz CT molecular complexity index is 478. The molecule has 1 aliphatic rings. The monoisotopic (exact) mass is 302 g/mol. The van der Waals surface area contributed by atoms with Crippen LogP contribution in [0.3, 0.4) is 0 Å². The Hall–Kier alpha value is -1.35. The Kier molecular flexibility index (Phi) is 5.63. The molecule has 2 N–H and O–H groups in total. The fraction of sp³-hybridized carbons (Fsp3) is 0.632. The van der Waals surface area contributed by atoms with E-state index in [0.29, 0.717) is 17.8 Å². The number of amides is 1. The smallest absolute Gasteiger partial charge is 0.239 e. The van der Waals surface area contributed by atoms with E-state index < -0.39 is 6.04 Å². The lowest BCUT2D eigenvalue weighted by Gasteiger charge is -2.30. The van der Waals surface area contributed by atoms with Crippen LogP contribution in [0, 0.1) is 11.3 Å². The largest absolute Gasteiger partial charge is 0.341 e. The van der Waals surface area contributed by atoms with Gasteiger partial charge in [-0.3, -0.25) is 4.79 Å². The van der Waals surface area contributed by atoms with Crippen LogP contribution in [-0.2, 0) is 11.2 Å². The van der Waals surface area contributed by atoms with Gasteiger partial charge in [-0.1, -0.05) is 51.1 Å². The first-order valence-corrected chi connectivity index (χ1v) is 8.46. The Morgan fingerprint density at radius 2 is 1.91 bits per heavy atom. The average molecular weight is 302 g/mol. The van der Waals surface area contributed by atoms with Crippen molar-refractivity contribution in [2.75, 3.05) is 13.1 Å². The Balaban J connectivity index is 1.92. The highest BCUT2D eigenvalue weighted by atomic mass is 16.2. The van der Waals surface area contributed by atoms with Crippen molar-refractivity contribution in [2.45, 2.75) is 52.5 Å². The summed E-state index contributed by atoms with van der Waals surface area (Å²) in [5.74, 6) is 0.800. The number of rotatable bonds is 3. The van der Waals surface area contributed by atoms with E-state index in [4.69, 9.17) is 5.73 Å². The minimum Gasteiger partial charge on any atom is -0.341 e. The number of carbonyl (C=O) groups is 1. The first kappa shape index (κ1) is 17.0. The zero-order valence-corrected chi connectivity index (χ0v) is 14.2. The maximum atomic E-state index is 12.6. The van der Waals surface area contributed by atoms with Crippen molar-refractivity contribution in [3.8, 4) is 0 Å². The first-order chi connectivity index (χ1) is 10.4. The molecule has 2 rings (SSSR count). The molecule has 0 aromatic heterocycles. The zero-order chi connectivity index (χ0) is 16.2. The van der Waals surface area contributed by atoms with E-state index in [1.54, 1.807) is 0 Å². The normalized spacial score (nSPS) is 21.3. The highest BCUT2D eigenvalue weighted by molar-refractivity contribution is 5.82. The summed E-state index contributed by atoms with van der Waals surface area (Å²) in [5, 5.41) is 0. The van der Waals surface area contributed by atoms with Gasteiger partial charge in [-0.05, 0) is 42.6 Å². The van der Waals surface area contributed by atoms with Crippen molar-refractivity contribution >= 4 is 5.91 Å². The van der Waals surface area contributed by atoms with Crippen LogP contribution < -0.4 is 5.73 Å². The van der Waals surface area contributed by atoms with Crippen LogP contribution in [-0.4, -0.2) is 29.9 Å². The number of hydrogen-bond acceptors (Lipinski definition) is 2. The molecule has 1 aromatic carbocycles. The van der Waals surface area contributed by atoms with Crippen molar-refractivity contribution in [3.63, 3.8) is 0 Å². The SMILES string of the molecule is CC(C)(C)C1CCCN(C(=O)[C@@H](N)Cc2ccccc2)CC1. The van der Waals surface area contributed by atoms with E-state index >= 15 is 0 Å². The van der Waals surface area contributed by atoms with Crippen LogP contribution in [0.2, 0.25) is 0 Å². The predicted molar refractivity (Wildman–Crippen MR) is 91.5 cm³/mol. The Morgan fingerprint density at radius 3 is 2.55 bits per heavy atom. The quantitative estimate of drug-likeness (QED) is 0.932. The molecule has 1 aliphatic heterocycles. The summed E-state index contributed by atoms with van der Waals surface area (Å²) in [6.07, 6.45) is 4.01. The number of nitrogens with zero attached hydrogens (tertiary/aromatic N) is 1. The van der Waals surface area contributed by atoms with Crippen molar-refractivity contribution in [1.29, 1.82) is 0 Å². The van der Waals surface area contributed by atoms with E-state index in [0.717, 1.165) is 31.5 Å². The minimum absolute atomic E-state index is 0.110. The molecule has 0 spiro atoms. The molecule has 122 valence electrons. The number of carbonyl (C=O) groups excluding carboxylic acids is 1. The number of nitrogens with two attached hydrogens (primary N) is 1. The molecule has 22 heavy (non-hydrogen) atoms. The van der Waals surface area contributed by atoms with E-state index in [1.807, 2.05) is 35.2 Å². The lowest BCUT2D eigenvalue weighted by molar-refractivity contribution is -0.132. The van der Waals surface area contributed by atoms with Crippen molar-refractivity contribution < 1.29 is 4.79 Å². The third-order valence-electron chi connectivity index (χ3n) is 4.88. The summed E-state index contributed by atoms with van der Waals surface area (Å²) < 4.78 is 0. The molecule has 1 aromatic rings. The first-order valence-electron chi connectivity index (χ1n) is 8.46. The van der Waals surface area contributed by atoms with E-state index in [9.17, 15) is 4.79 Å². The van der Waals surface area contributed by atoms with Crippen molar-refractivity contribution in [2.24, 2.45) is 17.1 Å². The average Bonchev–Trinajstić information content (AvgIpc) is 2.73. The van der Waals surface area contributed by atoms with Gasteiger partial charge in [0, 0.05) is 13.1 Å². The van der Waals surface area contributed by atoms with Crippen LogP contribution in [0.15, 0.2) is 30.3 Å². The van der Waals surface area contributed by atoms with Gasteiger partial charge >= 0.3 is 0 Å². The maximum Gasteiger partial charge on any atom is 0.239 e. The molecule has 0 bridgehead atoms. The molecule has 0 saturated carbocycles. The van der Waals surface area contributed by atoms with E-state index in [2.05, 4.69) is 20.8 Å². The van der Waals surface area contributed by atoms with Gasteiger partial charge in [0.05, 0.1) is 6.04 Å². The number of likely N-dealkylation sites (tertiary alicyclic amines) is 1. The molecule has 3 nitrogen and oxygen atoms in total. The van der Waals surface area contributed by atoms with Crippen molar-refractivity contribution in [1.82, 2.24) is 4.90 Å². The Labute approximate surface area is 134 Å². The third kappa shape index (κ3) is 4.57. The summed E-state index contributed by atoms with van der Waals surface area (Å²) in [4.78, 5) is 14.6. The van der Waals surface area contributed by atoms with Crippen LogP contribution in [0.4, 0.5) is 0 Å². The van der Waals surface area contributed by atoms with Gasteiger partial charge in [-0.15, -0.1) is 0 Å². The standard InChI is InChI=1S/C19H30N2O/c1-19(2,3)16-10-7-12-21(13-11-16)18(22)17(20)14-15-8-5-4-6-9-15/h4-6,8-9,16-17H,7,10-14,20H2,1-3H3/t16?,17-/m0/s1. The lowest BCUT2D eigenvalue weighted by Crippen LogP contribution is -2.45. The van der Waals surface area contributed by atoms with Gasteiger partial charge < -0.3 is 10.6 Å². The summed E-state index contributed by atoms with van der Waals surface area (Å²) in [6.45, 7) is 8.61. The Morgan fingerprint density at radius 1 is 1.23 bits per heavy atom. The molecule has 1 amide bonds. The van der Waals surface area contributed by atoms with Crippen molar-refractivity contribution in [3.05, 3.63) is 35.9 Å². The highest BCUT2D eigenvalue weighted by Gasteiger charge is 2.29. The summed E-state index contributed by atoms with van der Waals surface area (Å²) in [7, 11) is 0.